The number of thiazole rings is 1. The van der Waals surface area contributed by atoms with Crippen LogP contribution in [0.4, 0.5) is 0 Å². The molecule has 0 unspecified atom stereocenters. The lowest BCUT2D eigenvalue weighted by atomic mass is 10.2. The second kappa shape index (κ2) is 6.60. The van der Waals surface area contributed by atoms with Crippen LogP contribution in [0.1, 0.15) is 11.3 Å². The molecule has 3 rings (SSSR count). The quantitative estimate of drug-likeness (QED) is 0.699. The van der Waals surface area contributed by atoms with Crippen LogP contribution in [0, 0.1) is 11.3 Å². The molecule has 1 aromatic carbocycles. The Hall–Kier alpha value is -2.36. The fourth-order valence-electron chi connectivity index (χ4n) is 1.90. The molecule has 0 aliphatic rings. The van der Waals surface area contributed by atoms with Crippen LogP contribution in [0.25, 0.3) is 10.6 Å². The number of hydrogen-bond acceptors (Lipinski definition) is 6. The van der Waals surface area contributed by atoms with Gasteiger partial charge in [-0.2, -0.15) is 16.6 Å². The van der Waals surface area contributed by atoms with E-state index in [9.17, 15) is 0 Å². The highest BCUT2D eigenvalue weighted by molar-refractivity contribution is 7.14. The molecule has 2 aromatic heterocycles. The van der Waals surface area contributed by atoms with Crippen molar-refractivity contribution in [2.24, 2.45) is 0 Å². The summed E-state index contributed by atoms with van der Waals surface area (Å²) in [7, 11) is 1.56. The van der Waals surface area contributed by atoms with Crippen molar-refractivity contribution in [1.82, 2.24) is 4.98 Å². The molecule has 0 fully saturated rings. The van der Waals surface area contributed by atoms with E-state index in [1.165, 1.54) is 0 Å². The van der Waals surface area contributed by atoms with Crippen LogP contribution in [-0.4, -0.2) is 12.1 Å². The number of benzene rings is 1. The first-order chi connectivity index (χ1) is 10.8. The van der Waals surface area contributed by atoms with Crippen LogP contribution in [-0.2, 0) is 6.61 Å². The third kappa shape index (κ3) is 3.11. The van der Waals surface area contributed by atoms with Crippen molar-refractivity contribution < 1.29 is 9.47 Å². The summed E-state index contributed by atoms with van der Waals surface area (Å²) in [5.74, 6) is 1.15. The first-order valence-corrected chi connectivity index (χ1v) is 8.30. The number of thiophene rings is 1. The van der Waals surface area contributed by atoms with Crippen molar-refractivity contribution in [3.05, 3.63) is 51.7 Å². The molecular weight excluding hydrogens is 316 g/mol. The molecule has 0 saturated carbocycles. The van der Waals surface area contributed by atoms with E-state index in [1.54, 1.807) is 48.0 Å². The van der Waals surface area contributed by atoms with E-state index in [0.29, 0.717) is 23.7 Å². The van der Waals surface area contributed by atoms with Gasteiger partial charge >= 0.3 is 0 Å². The van der Waals surface area contributed by atoms with Gasteiger partial charge in [0.2, 0.25) is 0 Å². The van der Waals surface area contributed by atoms with Crippen LogP contribution in [0.5, 0.6) is 11.5 Å². The van der Waals surface area contributed by atoms with Crippen LogP contribution < -0.4 is 9.47 Å². The summed E-state index contributed by atoms with van der Waals surface area (Å²) < 4.78 is 11.0. The topological polar surface area (TPSA) is 55.1 Å². The van der Waals surface area contributed by atoms with Crippen molar-refractivity contribution in [3.8, 4) is 28.1 Å². The maximum atomic E-state index is 8.90. The summed E-state index contributed by atoms with van der Waals surface area (Å²) in [6, 6.07) is 9.23. The van der Waals surface area contributed by atoms with Gasteiger partial charge in [0.1, 0.15) is 11.6 Å². The Morgan fingerprint density at radius 2 is 2.14 bits per heavy atom. The molecule has 6 heteroatoms. The molecule has 0 bridgehead atoms. The second-order valence-corrected chi connectivity index (χ2v) is 6.06. The zero-order valence-electron chi connectivity index (χ0n) is 11.8. The van der Waals surface area contributed by atoms with Gasteiger partial charge in [0.25, 0.3) is 0 Å². The molecule has 4 nitrogen and oxygen atoms in total. The number of nitrogens with zero attached hydrogens (tertiary/aromatic N) is 2. The maximum Gasteiger partial charge on any atom is 0.162 e. The van der Waals surface area contributed by atoms with E-state index < -0.39 is 0 Å². The minimum Gasteiger partial charge on any atom is -0.493 e. The summed E-state index contributed by atoms with van der Waals surface area (Å²) in [4.78, 5) is 4.56. The number of hydrogen-bond donors (Lipinski definition) is 0. The monoisotopic (exact) mass is 328 g/mol. The minimum atomic E-state index is 0.364. The molecule has 0 amide bonds. The Balaban J connectivity index is 1.72. The summed E-state index contributed by atoms with van der Waals surface area (Å²) in [6.07, 6.45) is 0. The first kappa shape index (κ1) is 14.6. The third-order valence-electron chi connectivity index (χ3n) is 2.99. The number of nitriles is 1. The molecule has 22 heavy (non-hydrogen) atoms. The lowest BCUT2D eigenvalue weighted by Crippen LogP contribution is -1.98. The Kier molecular flexibility index (Phi) is 4.37. The Morgan fingerprint density at radius 1 is 1.23 bits per heavy atom. The second-order valence-electron chi connectivity index (χ2n) is 4.42. The molecule has 0 radical (unpaired) electrons. The fraction of sp³-hybridized carbons (Fsp3) is 0.125. The van der Waals surface area contributed by atoms with Crippen molar-refractivity contribution in [2.75, 3.05) is 7.11 Å². The normalized spacial score (nSPS) is 10.2. The fourth-order valence-corrected chi connectivity index (χ4v) is 3.42. The molecule has 3 aromatic rings. The number of methoxy groups -OCH3 is 1. The van der Waals surface area contributed by atoms with Crippen molar-refractivity contribution in [3.63, 3.8) is 0 Å². The van der Waals surface area contributed by atoms with Gasteiger partial charge in [0.05, 0.1) is 24.4 Å². The van der Waals surface area contributed by atoms with E-state index in [2.05, 4.69) is 22.5 Å². The summed E-state index contributed by atoms with van der Waals surface area (Å²) >= 11 is 3.25. The molecular formula is C16H12N2O2S2. The molecule has 0 aliphatic carbocycles. The molecule has 0 spiro atoms. The van der Waals surface area contributed by atoms with E-state index in [-0.39, 0.29) is 0 Å². The smallest absolute Gasteiger partial charge is 0.162 e. The molecule has 2 heterocycles. The average Bonchev–Trinajstić information content (AvgIpc) is 3.23. The predicted molar refractivity (Wildman–Crippen MR) is 87.5 cm³/mol. The number of ether oxygens (including phenoxy) is 2. The highest BCUT2D eigenvalue weighted by atomic mass is 32.1. The third-order valence-corrected chi connectivity index (χ3v) is 4.61. The maximum absolute atomic E-state index is 8.90. The largest absolute Gasteiger partial charge is 0.493 e. The van der Waals surface area contributed by atoms with E-state index in [4.69, 9.17) is 14.7 Å². The van der Waals surface area contributed by atoms with Gasteiger partial charge in [-0.05, 0) is 23.6 Å². The summed E-state index contributed by atoms with van der Waals surface area (Å²) in [5, 5.41) is 16.0. The Bertz CT molecular complexity index is 804. The minimum absolute atomic E-state index is 0.364. The number of rotatable bonds is 5. The molecule has 0 atom stereocenters. The van der Waals surface area contributed by atoms with Gasteiger partial charge in [-0.25, -0.2) is 4.98 Å². The Morgan fingerprint density at radius 3 is 2.86 bits per heavy atom. The van der Waals surface area contributed by atoms with Crippen molar-refractivity contribution in [1.29, 1.82) is 5.26 Å². The van der Waals surface area contributed by atoms with Crippen LogP contribution in [0.3, 0.4) is 0 Å². The summed E-state index contributed by atoms with van der Waals surface area (Å²) in [6.45, 7) is 0.364. The van der Waals surface area contributed by atoms with Gasteiger partial charge in [-0.1, -0.05) is 0 Å². The van der Waals surface area contributed by atoms with Gasteiger partial charge in [-0.3, -0.25) is 0 Å². The molecule has 0 saturated heterocycles. The van der Waals surface area contributed by atoms with Gasteiger partial charge in [0.15, 0.2) is 11.5 Å². The van der Waals surface area contributed by atoms with Crippen LogP contribution in [0.15, 0.2) is 40.4 Å². The van der Waals surface area contributed by atoms with E-state index in [0.717, 1.165) is 16.3 Å². The highest BCUT2D eigenvalue weighted by Crippen LogP contribution is 2.30. The zero-order chi connectivity index (χ0) is 15.4. The lowest BCUT2D eigenvalue weighted by Gasteiger charge is -2.09. The van der Waals surface area contributed by atoms with Gasteiger partial charge < -0.3 is 9.47 Å². The van der Waals surface area contributed by atoms with Crippen molar-refractivity contribution in [2.45, 2.75) is 6.61 Å². The highest BCUT2D eigenvalue weighted by Gasteiger charge is 2.09. The van der Waals surface area contributed by atoms with Crippen LogP contribution >= 0.6 is 22.7 Å². The van der Waals surface area contributed by atoms with Gasteiger partial charge in [-0.15, -0.1) is 11.3 Å². The van der Waals surface area contributed by atoms with E-state index in [1.807, 2.05) is 10.8 Å². The first-order valence-electron chi connectivity index (χ1n) is 6.48. The predicted octanol–water partition coefficient (Wildman–Crippen LogP) is 4.33. The SMILES string of the molecule is COc1cc(C#N)ccc1OCc1csc(-c2ccsc2)n1. The average molecular weight is 328 g/mol. The molecule has 110 valence electrons. The molecule has 0 aliphatic heterocycles. The standard InChI is InChI=1S/C16H12N2O2S2/c1-19-15-6-11(7-17)2-3-14(15)20-8-13-10-22-16(18-13)12-4-5-21-9-12/h2-6,9-10H,8H2,1H3. The van der Waals surface area contributed by atoms with Gasteiger partial charge in [0, 0.05) is 22.4 Å². The molecule has 0 N–H and O–H groups in total. The Labute approximate surface area is 136 Å². The zero-order valence-corrected chi connectivity index (χ0v) is 13.4. The van der Waals surface area contributed by atoms with Crippen molar-refractivity contribution >= 4 is 22.7 Å². The summed E-state index contributed by atoms with van der Waals surface area (Å²) in [5.41, 5.74) is 2.55. The van der Waals surface area contributed by atoms with Crippen LogP contribution in [0.2, 0.25) is 0 Å². The number of aromatic nitrogens is 1. The van der Waals surface area contributed by atoms with E-state index >= 15 is 0 Å². The lowest BCUT2D eigenvalue weighted by molar-refractivity contribution is 0.281.